The zero-order valence-electron chi connectivity index (χ0n) is 10.3. The normalized spacial score (nSPS) is 11.2. The van der Waals surface area contributed by atoms with Crippen LogP contribution in [0.5, 0.6) is 0 Å². The van der Waals surface area contributed by atoms with Gasteiger partial charge in [0.1, 0.15) is 5.65 Å². The van der Waals surface area contributed by atoms with Gasteiger partial charge in [-0.05, 0) is 33.2 Å². The second kappa shape index (κ2) is 4.71. The smallest absolute Gasteiger partial charge is 0.274 e. The first kappa shape index (κ1) is 11.9. The fourth-order valence-corrected chi connectivity index (χ4v) is 2.12. The van der Waals surface area contributed by atoms with E-state index in [0.717, 1.165) is 36.4 Å². The van der Waals surface area contributed by atoms with E-state index in [1.807, 2.05) is 13.0 Å². The molecular formula is C12H18N4O. The Kier molecular flexibility index (Phi) is 3.28. The van der Waals surface area contributed by atoms with Gasteiger partial charge in [-0.15, -0.1) is 0 Å². The summed E-state index contributed by atoms with van der Waals surface area (Å²) in [7, 11) is 0. The number of aryl methyl sites for hydroxylation is 3. The molecule has 2 aromatic heterocycles. The molecule has 92 valence electrons. The van der Waals surface area contributed by atoms with Crippen LogP contribution in [0, 0.1) is 6.92 Å². The van der Waals surface area contributed by atoms with E-state index >= 15 is 0 Å². The molecular weight excluding hydrogens is 216 g/mol. The van der Waals surface area contributed by atoms with Gasteiger partial charge < -0.3 is 10.3 Å². The molecule has 0 fully saturated rings. The van der Waals surface area contributed by atoms with Crippen molar-refractivity contribution in [3.05, 3.63) is 33.9 Å². The summed E-state index contributed by atoms with van der Waals surface area (Å²) < 4.78 is 3.59. The van der Waals surface area contributed by atoms with Crippen molar-refractivity contribution >= 4 is 5.65 Å². The molecule has 0 amide bonds. The molecule has 0 aliphatic rings. The highest BCUT2D eigenvalue weighted by atomic mass is 16.1. The van der Waals surface area contributed by atoms with Gasteiger partial charge in [0.25, 0.3) is 5.56 Å². The Hall–Kier alpha value is -1.62. The first-order valence-electron chi connectivity index (χ1n) is 5.96. The molecule has 2 aromatic rings. The highest BCUT2D eigenvalue weighted by molar-refractivity contribution is 5.41. The zero-order chi connectivity index (χ0) is 12.4. The van der Waals surface area contributed by atoms with Gasteiger partial charge in [0.05, 0.1) is 5.69 Å². The van der Waals surface area contributed by atoms with E-state index in [0.29, 0.717) is 6.54 Å². The van der Waals surface area contributed by atoms with Gasteiger partial charge in [0.15, 0.2) is 0 Å². The first-order chi connectivity index (χ1) is 8.17. The summed E-state index contributed by atoms with van der Waals surface area (Å²) in [4.78, 5) is 11.9. The molecule has 0 spiro atoms. The summed E-state index contributed by atoms with van der Waals surface area (Å²) in [6.07, 6.45) is 1.73. The third kappa shape index (κ3) is 2.10. The average Bonchev–Trinajstić information content (AvgIpc) is 2.69. The Labute approximate surface area is 99.9 Å². The van der Waals surface area contributed by atoms with E-state index in [4.69, 9.17) is 5.73 Å². The topological polar surface area (TPSA) is 65.3 Å². The average molecular weight is 234 g/mol. The lowest BCUT2D eigenvalue weighted by molar-refractivity contribution is 0.668. The molecule has 2 N–H and O–H groups in total. The van der Waals surface area contributed by atoms with Gasteiger partial charge >= 0.3 is 0 Å². The van der Waals surface area contributed by atoms with Gasteiger partial charge in [0.2, 0.25) is 0 Å². The van der Waals surface area contributed by atoms with Crippen LogP contribution in [0.2, 0.25) is 0 Å². The maximum atomic E-state index is 11.9. The molecule has 0 bridgehead atoms. The van der Waals surface area contributed by atoms with E-state index in [9.17, 15) is 4.79 Å². The largest absolute Gasteiger partial charge is 0.330 e. The summed E-state index contributed by atoms with van der Waals surface area (Å²) in [6, 6.07) is 3.61. The number of hydrogen-bond donors (Lipinski definition) is 1. The molecule has 0 atom stereocenters. The third-order valence-electron chi connectivity index (χ3n) is 2.89. The Bertz CT molecular complexity index is 582. The number of hydrogen-bond acceptors (Lipinski definition) is 3. The van der Waals surface area contributed by atoms with Gasteiger partial charge in [-0.1, -0.05) is 0 Å². The molecule has 2 rings (SSSR count). The lowest BCUT2D eigenvalue weighted by atomic mass is 10.2. The minimum Gasteiger partial charge on any atom is -0.330 e. The second-order valence-electron chi connectivity index (χ2n) is 4.17. The lowest BCUT2D eigenvalue weighted by Crippen LogP contribution is -2.21. The monoisotopic (exact) mass is 234 g/mol. The van der Waals surface area contributed by atoms with Crippen molar-refractivity contribution in [2.45, 2.75) is 33.2 Å². The van der Waals surface area contributed by atoms with Crippen molar-refractivity contribution in [1.82, 2.24) is 14.2 Å². The molecule has 0 aliphatic heterocycles. The predicted octanol–water partition coefficient (Wildman–Crippen LogP) is 0.716. The Morgan fingerprint density at radius 2 is 2.18 bits per heavy atom. The number of aromatic nitrogens is 3. The SMILES string of the molecule is CCn1c(CCCN)cc(=O)n2nc(C)cc12. The van der Waals surface area contributed by atoms with Crippen LogP contribution in [0.4, 0.5) is 0 Å². The van der Waals surface area contributed by atoms with Gasteiger partial charge in [-0.3, -0.25) is 4.79 Å². The minimum atomic E-state index is -0.0650. The second-order valence-corrected chi connectivity index (χ2v) is 4.17. The van der Waals surface area contributed by atoms with Crippen molar-refractivity contribution in [2.75, 3.05) is 6.54 Å². The summed E-state index contributed by atoms with van der Waals surface area (Å²) in [5.41, 5.74) is 8.22. The summed E-state index contributed by atoms with van der Waals surface area (Å²) >= 11 is 0. The molecule has 5 nitrogen and oxygen atoms in total. The van der Waals surface area contributed by atoms with Crippen molar-refractivity contribution in [1.29, 1.82) is 0 Å². The van der Waals surface area contributed by atoms with Crippen LogP contribution in [0.1, 0.15) is 24.7 Å². The van der Waals surface area contributed by atoms with Gasteiger partial charge in [0, 0.05) is 24.4 Å². The van der Waals surface area contributed by atoms with Crippen LogP contribution >= 0.6 is 0 Å². The van der Waals surface area contributed by atoms with E-state index in [2.05, 4.69) is 16.6 Å². The minimum absolute atomic E-state index is 0.0650. The number of nitrogens with two attached hydrogens (primary N) is 1. The van der Waals surface area contributed by atoms with E-state index in [-0.39, 0.29) is 5.56 Å². The molecule has 0 unspecified atom stereocenters. The Balaban J connectivity index is 2.64. The Morgan fingerprint density at radius 1 is 1.41 bits per heavy atom. The van der Waals surface area contributed by atoms with Crippen molar-refractivity contribution in [3.8, 4) is 0 Å². The van der Waals surface area contributed by atoms with Crippen LogP contribution in [0.15, 0.2) is 16.9 Å². The Morgan fingerprint density at radius 3 is 2.82 bits per heavy atom. The van der Waals surface area contributed by atoms with E-state index in [1.165, 1.54) is 4.52 Å². The lowest BCUT2D eigenvalue weighted by Gasteiger charge is -2.12. The fourth-order valence-electron chi connectivity index (χ4n) is 2.12. The standard InChI is InChI=1S/C12H18N4O/c1-3-15-10(5-4-6-13)8-12(17)16-11(15)7-9(2)14-16/h7-8H,3-6,13H2,1-2H3. The highest BCUT2D eigenvalue weighted by Gasteiger charge is 2.09. The summed E-state index contributed by atoms with van der Waals surface area (Å²) in [5.74, 6) is 0. The zero-order valence-corrected chi connectivity index (χ0v) is 10.3. The van der Waals surface area contributed by atoms with Crippen molar-refractivity contribution < 1.29 is 0 Å². The van der Waals surface area contributed by atoms with Crippen LogP contribution in [-0.4, -0.2) is 20.7 Å². The predicted molar refractivity (Wildman–Crippen MR) is 67.2 cm³/mol. The molecule has 17 heavy (non-hydrogen) atoms. The third-order valence-corrected chi connectivity index (χ3v) is 2.89. The maximum absolute atomic E-state index is 11.9. The molecule has 0 saturated heterocycles. The number of nitrogens with zero attached hydrogens (tertiary/aromatic N) is 3. The van der Waals surface area contributed by atoms with Gasteiger partial charge in [-0.25, -0.2) is 0 Å². The van der Waals surface area contributed by atoms with E-state index in [1.54, 1.807) is 6.07 Å². The van der Waals surface area contributed by atoms with E-state index < -0.39 is 0 Å². The van der Waals surface area contributed by atoms with Crippen molar-refractivity contribution in [3.63, 3.8) is 0 Å². The summed E-state index contributed by atoms with van der Waals surface area (Å²) in [6.45, 7) is 5.43. The maximum Gasteiger partial charge on any atom is 0.274 e. The van der Waals surface area contributed by atoms with Crippen molar-refractivity contribution in [2.24, 2.45) is 5.73 Å². The fraction of sp³-hybridized carbons (Fsp3) is 0.500. The quantitative estimate of drug-likeness (QED) is 0.847. The molecule has 2 heterocycles. The van der Waals surface area contributed by atoms with Crippen LogP contribution in [0.25, 0.3) is 5.65 Å². The first-order valence-corrected chi connectivity index (χ1v) is 5.96. The molecule has 0 saturated carbocycles. The number of fused-ring (bicyclic) bond motifs is 1. The summed E-state index contributed by atoms with van der Waals surface area (Å²) in [5, 5.41) is 4.20. The van der Waals surface area contributed by atoms with Crippen LogP contribution < -0.4 is 11.3 Å². The highest BCUT2D eigenvalue weighted by Crippen LogP contribution is 2.09. The van der Waals surface area contributed by atoms with Crippen LogP contribution in [0.3, 0.4) is 0 Å². The molecule has 0 aromatic carbocycles. The number of rotatable bonds is 4. The molecule has 0 radical (unpaired) electrons. The molecule has 5 heteroatoms. The van der Waals surface area contributed by atoms with Crippen LogP contribution in [-0.2, 0) is 13.0 Å². The molecule has 0 aliphatic carbocycles. The van der Waals surface area contributed by atoms with Gasteiger partial charge in [-0.2, -0.15) is 9.61 Å².